The van der Waals surface area contributed by atoms with E-state index in [9.17, 15) is 18.0 Å². The van der Waals surface area contributed by atoms with Gasteiger partial charge in [0.25, 0.3) is 5.91 Å². The van der Waals surface area contributed by atoms with E-state index < -0.39 is 11.7 Å². The summed E-state index contributed by atoms with van der Waals surface area (Å²) in [7, 11) is 0. The van der Waals surface area contributed by atoms with Crippen molar-refractivity contribution in [3.63, 3.8) is 0 Å². The lowest BCUT2D eigenvalue weighted by molar-refractivity contribution is -0.137. The predicted octanol–water partition coefficient (Wildman–Crippen LogP) is 5.45. The first-order chi connectivity index (χ1) is 15.7. The van der Waals surface area contributed by atoms with Gasteiger partial charge >= 0.3 is 6.18 Å². The molecule has 0 saturated heterocycles. The number of carbonyl (C=O) groups is 1. The molecule has 1 aliphatic rings. The highest BCUT2D eigenvalue weighted by Gasteiger charge is 2.33. The Kier molecular flexibility index (Phi) is 4.88. The minimum Gasteiger partial charge on any atom is -0.328 e. The van der Waals surface area contributed by atoms with Crippen LogP contribution in [-0.2, 0) is 19.3 Å². The number of halogens is 3. The minimum atomic E-state index is -4.44. The molecule has 2 aromatic carbocycles. The zero-order valence-corrected chi connectivity index (χ0v) is 18.1. The van der Waals surface area contributed by atoms with Crippen LogP contribution in [0.15, 0.2) is 67.0 Å². The van der Waals surface area contributed by atoms with Gasteiger partial charge in [-0.25, -0.2) is 4.68 Å². The van der Waals surface area contributed by atoms with Crippen LogP contribution in [0.25, 0.3) is 11.5 Å². The van der Waals surface area contributed by atoms with E-state index >= 15 is 0 Å². The molecule has 33 heavy (non-hydrogen) atoms. The van der Waals surface area contributed by atoms with Crippen molar-refractivity contribution in [1.29, 1.82) is 0 Å². The third kappa shape index (κ3) is 3.71. The van der Waals surface area contributed by atoms with Gasteiger partial charge in [-0.05, 0) is 73.5 Å². The smallest absolute Gasteiger partial charge is 0.328 e. The van der Waals surface area contributed by atoms with Crippen molar-refractivity contribution in [3.05, 3.63) is 101 Å². The summed E-state index contributed by atoms with van der Waals surface area (Å²) >= 11 is 0. The Bertz CT molecular complexity index is 1340. The maximum Gasteiger partial charge on any atom is 0.416 e. The second kappa shape index (κ2) is 7.65. The molecule has 0 unspecified atom stereocenters. The predicted molar refractivity (Wildman–Crippen MR) is 117 cm³/mol. The highest BCUT2D eigenvalue weighted by atomic mass is 19.4. The number of aryl methyl sites for hydroxylation is 2. The van der Waals surface area contributed by atoms with Crippen LogP contribution in [0.4, 0.5) is 13.2 Å². The minimum absolute atomic E-state index is 0.220. The van der Waals surface area contributed by atoms with E-state index in [2.05, 4.69) is 26.0 Å². The monoisotopic (exact) mass is 450 g/mol. The van der Waals surface area contributed by atoms with Gasteiger partial charge in [0.15, 0.2) is 0 Å². The van der Waals surface area contributed by atoms with Crippen LogP contribution in [0, 0.1) is 13.8 Å². The van der Waals surface area contributed by atoms with Gasteiger partial charge < -0.3 is 9.47 Å². The molecule has 3 heterocycles. The van der Waals surface area contributed by atoms with E-state index in [0.717, 1.165) is 40.5 Å². The van der Waals surface area contributed by atoms with E-state index in [-0.39, 0.29) is 11.5 Å². The number of benzene rings is 2. The van der Waals surface area contributed by atoms with Gasteiger partial charge in [0.2, 0.25) is 0 Å². The van der Waals surface area contributed by atoms with Crippen LogP contribution in [0.5, 0.6) is 0 Å². The molecule has 0 fully saturated rings. The average molecular weight is 450 g/mol. The van der Waals surface area contributed by atoms with E-state index in [1.54, 1.807) is 4.90 Å². The van der Waals surface area contributed by atoms with E-state index in [1.807, 2.05) is 39.8 Å². The number of hydrogen-bond acceptors (Lipinski definition) is 2. The van der Waals surface area contributed by atoms with Gasteiger partial charge in [0.05, 0.1) is 30.0 Å². The van der Waals surface area contributed by atoms with Crippen molar-refractivity contribution < 1.29 is 18.0 Å². The molecule has 0 atom stereocenters. The SMILES string of the molecule is Cc1ccc(-n2nc3c(c2-n2cccc2)CN(C(=O)c2ccc(C(F)(F)F)cc2)C3)cc1C. The van der Waals surface area contributed by atoms with Crippen LogP contribution >= 0.6 is 0 Å². The zero-order chi connectivity index (χ0) is 23.3. The molecule has 0 saturated carbocycles. The Morgan fingerprint density at radius 1 is 0.939 bits per heavy atom. The molecular formula is C25H21F3N4O. The van der Waals surface area contributed by atoms with E-state index in [1.165, 1.54) is 17.7 Å². The van der Waals surface area contributed by atoms with Crippen LogP contribution < -0.4 is 0 Å². The number of fused-ring (bicyclic) bond motifs is 1. The first-order valence-corrected chi connectivity index (χ1v) is 10.5. The summed E-state index contributed by atoms with van der Waals surface area (Å²) in [6, 6.07) is 14.3. The maximum atomic E-state index is 13.0. The normalized spacial score (nSPS) is 13.4. The molecule has 8 heteroatoms. The maximum absolute atomic E-state index is 13.0. The fourth-order valence-corrected chi connectivity index (χ4v) is 4.11. The molecule has 0 aliphatic carbocycles. The lowest BCUT2D eigenvalue weighted by Crippen LogP contribution is -2.26. The molecule has 0 spiro atoms. The van der Waals surface area contributed by atoms with Crippen LogP contribution in [0.3, 0.4) is 0 Å². The zero-order valence-electron chi connectivity index (χ0n) is 18.1. The molecule has 1 amide bonds. The van der Waals surface area contributed by atoms with Gasteiger partial charge in [-0.1, -0.05) is 6.07 Å². The highest BCUT2D eigenvalue weighted by Crippen LogP contribution is 2.33. The number of hydrogen-bond donors (Lipinski definition) is 0. The summed E-state index contributed by atoms with van der Waals surface area (Å²) in [5.41, 5.74) is 4.41. The molecule has 1 aliphatic heterocycles. The van der Waals surface area contributed by atoms with Crippen molar-refractivity contribution in [2.45, 2.75) is 33.1 Å². The van der Waals surface area contributed by atoms with Gasteiger partial charge in [0.1, 0.15) is 5.82 Å². The summed E-state index contributed by atoms with van der Waals surface area (Å²) < 4.78 is 42.4. The summed E-state index contributed by atoms with van der Waals surface area (Å²) in [5, 5.41) is 4.81. The fraction of sp³-hybridized carbons (Fsp3) is 0.200. The fourth-order valence-electron chi connectivity index (χ4n) is 4.11. The van der Waals surface area contributed by atoms with E-state index in [4.69, 9.17) is 5.10 Å². The topological polar surface area (TPSA) is 43.1 Å². The number of rotatable bonds is 3. The first kappa shape index (κ1) is 21.1. The third-order valence-corrected chi connectivity index (χ3v) is 6.06. The largest absolute Gasteiger partial charge is 0.416 e. The van der Waals surface area contributed by atoms with Gasteiger partial charge in [-0.2, -0.15) is 18.3 Å². The van der Waals surface area contributed by atoms with Crippen LogP contribution in [-0.4, -0.2) is 25.2 Å². The van der Waals surface area contributed by atoms with Crippen molar-refractivity contribution in [2.24, 2.45) is 0 Å². The van der Waals surface area contributed by atoms with Gasteiger partial charge in [-0.15, -0.1) is 0 Å². The molecule has 2 aromatic heterocycles. The Balaban J connectivity index is 1.48. The van der Waals surface area contributed by atoms with Crippen molar-refractivity contribution >= 4 is 5.91 Å². The Hall–Kier alpha value is -3.81. The Morgan fingerprint density at radius 2 is 1.64 bits per heavy atom. The van der Waals surface area contributed by atoms with Gasteiger partial charge in [-0.3, -0.25) is 4.79 Å². The number of aromatic nitrogens is 3. The molecular weight excluding hydrogens is 429 g/mol. The lowest BCUT2D eigenvalue weighted by Gasteiger charge is -2.18. The highest BCUT2D eigenvalue weighted by molar-refractivity contribution is 5.94. The molecule has 0 radical (unpaired) electrons. The molecule has 168 valence electrons. The second-order valence-corrected chi connectivity index (χ2v) is 8.26. The average Bonchev–Trinajstić information content (AvgIpc) is 3.50. The third-order valence-electron chi connectivity index (χ3n) is 6.06. The Morgan fingerprint density at radius 3 is 2.27 bits per heavy atom. The molecule has 0 N–H and O–H groups in total. The van der Waals surface area contributed by atoms with Gasteiger partial charge in [0, 0.05) is 23.5 Å². The standard InChI is InChI=1S/C25H21F3N4O/c1-16-5-10-20(13-17(16)2)32-23(30-11-3-4-12-30)21-14-31(15-22(21)29-32)24(33)18-6-8-19(9-7-18)25(26,27)28/h3-13H,14-15H2,1-2H3. The number of alkyl halides is 3. The molecule has 4 aromatic rings. The number of carbonyl (C=O) groups excluding carboxylic acids is 1. The Labute approximate surface area is 188 Å². The quantitative estimate of drug-likeness (QED) is 0.416. The van der Waals surface area contributed by atoms with Crippen molar-refractivity contribution in [2.75, 3.05) is 0 Å². The number of nitrogens with zero attached hydrogens (tertiary/aromatic N) is 4. The van der Waals surface area contributed by atoms with Crippen molar-refractivity contribution in [3.8, 4) is 11.5 Å². The molecule has 0 bridgehead atoms. The van der Waals surface area contributed by atoms with Crippen molar-refractivity contribution in [1.82, 2.24) is 19.2 Å². The number of amides is 1. The summed E-state index contributed by atoms with van der Waals surface area (Å²) in [6.45, 7) is 4.73. The second-order valence-electron chi connectivity index (χ2n) is 8.26. The van der Waals surface area contributed by atoms with E-state index in [0.29, 0.717) is 13.1 Å². The van der Waals surface area contributed by atoms with Crippen LogP contribution in [0.2, 0.25) is 0 Å². The summed E-state index contributed by atoms with van der Waals surface area (Å²) in [4.78, 5) is 14.6. The molecule has 5 nitrogen and oxygen atoms in total. The summed E-state index contributed by atoms with van der Waals surface area (Å²) in [6.07, 6.45) is -0.584. The molecule has 5 rings (SSSR count). The summed E-state index contributed by atoms with van der Waals surface area (Å²) in [5.74, 6) is 0.527. The first-order valence-electron chi connectivity index (χ1n) is 10.5. The van der Waals surface area contributed by atoms with Crippen LogP contribution in [0.1, 0.15) is 38.3 Å². The lowest BCUT2D eigenvalue weighted by atomic mass is 10.1.